The Labute approximate surface area is 126 Å². The molecule has 1 aromatic heterocycles. The summed E-state index contributed by atoms with van der Waals surface area (Å²) in [7, 11) is 0. The minimum absolute atomic E-state index is 0.110. The molecule has 2 rings (SSSR count). The van der Waals surface area contributed by atoms with E-state index in [4.69, 9.17) is 28.3 Å². The van der Waals surface area contributed by atoms with Crippen molar-refractivity contribution in [3.8, 4) is 0 Å². The van der Waals surface area contributed by atoms with Crippen LogP contribution in [0.3, 0.4) is 0 Å². The number of hydrogen-bond donors (Lipinski definition) is 2. The van der Waals surface area contributed by atoms with Crippen LogP contribution in [0.15, 0.2) is 36.4 Å². The van der Waals surface area contributed by atoms with Gasteiger partial charge in [0.25, 0.3) is 5.91 Å². The minimum Gasteiger partial charge on any atom is -0.395 e. The van der Waals surface area contributed by atoms with Gasteiger partial charge in [-0.3, -0.25) is 4.79 Å². The summed E-state index contributed by atoms with van der Waals surface area (Å²) in [5.74, 6) is -0.253. The van der Waals surface area contributed by atoms with E-state index in [0.717, 1.165) is 5.56 Å². The maximum atomic E-state index is 12.4. The summed E-state index contributed by atoms with van der Waals surface area (Å²) in [5.41, 5.74) is 1.29. The Morgan fingerprint density at radius 3 is 2.50 bits per heavy atom. The number of hydrogen-bond acceptors (Lipinski definition) is 2. The lowest BCUT2D eigenvalue weighted by Gasteiger charge is -2.21. The zero-order valence-electron chi connectivity index (χ0n) is 10.6. The molecule has 0 aliphatic heterocycles. The molecule has 106 valence electrons. The van der Waals surface area contributed by atoms with Crippen LogP contribution in [0.2, 0.25) is 10.2 Å². The van der Waals surface area contributed by atoms with E-state index in [-0.39, 0.29) is 24.2 Å². The number of nitrogens with zero attached hydrogens (tertiary/aromatic N) is 1. The average Bonchev–Trinajstić information content (AvgIpc) is 2.78. The summed E-state index contributed by atoms with van der Waals surface area (Å²) in [4.78, 5) is 16.6. The molecule has 2 N–H and O–H groups in total. The first kappa shape index (κ1) is 14.9. The standard InChI is InChI=1S/C14H14Cl2N2O2/c15-11-8-12(17-13(11)16)14(20)18(6-7-19)9-10-4-2-1-3-5-10/h1-5,8,17,19H,6-7,9H2. The van der Waals surface area contributed by atoms with Crippen molar-refractivity contribution in [1.29, 1.82) is 0 Å². The Balaban J connectivity index is 2.17. The Bertz CT molecular complexity index is 565. The van der Waals surface area contributed by atoms with Gasteiger partial charge < -0.3 is 15.0 Å². The largest absolute Gasteiger partial charge is 0.395 e. The first-order chi connectivity index (χ1) is 9.61. The number of nitrogens with one attached hydrogen (secondary N) is 1. The number of aliphatic hydroxyl groups is 1. The molecule has 1 amide bonds. The van der Waals surface area contributed by atoms with Gasteiger partial charge in [-0.15, -0.1) is 0 Å². The second-order valence-corrected chi connectivity index (χ2v) is 5.07. The van der Waals surface area contributed by atoms with Crippen LogP contribution in [0.1, 0.15) is 16.1 Å². The van der Waals surface area contributed by atoms with Gasteiger partial charge in [0.05, 0.1) is 11.6 Å². The lowest BCUT2D eigenvalue weighted by Crippen LogP contribution is -2.33. The van der Waals surface area contributed by atoms with E-state index in [0.29, 0.717) is 17.3 Å². The number of carbonyl (C=O) groups is 1. The Morgan fingerprint density at radius 2 is 1.95 bits per heavy atom. The van der Waals surface area contributed by atoms with Gasteiger partial charge >= 0.3 is 0 Å². The summed E-state index contributed by atoms with van der Waals surface area (Å²) in [6, 6.07) is 11.0. The molecule has 6 heteroatoms. The van der Waals surface area contributed by atoms with Crippen LogP contribution >= 0.6 is 23.2 Å². The molecule has 0 saturated carbocycles. The van der Waals surface area contributed by atoms with E-state index in [1.165, 1.54) is 11.0 Å². The third kappa shape index (κ3) is 3.54. The number of aromatic nitrogens is 1. The third-order valence-corrected chi connectivity index (χ3v) is 3.52. The number of H-pyrrole nitrogens is 1. The fourth-order valence-corrected chi connectivity index (χ4v) is 2.18. The fraction of sp³-hybridized carbons (Fsp3) is 0.214. The predicted octanol–water partition coefficient (Wildman–Crippen LogP) is 2.96. The summed E-state index contributed by atoms with van der Waals surface area (Å²) < 4.78 is 0. The first-order valence-electron chi connectivity index (χ1n) is 6.10. The van der Waals surface area contributed by atoms with Crippen LogP contribution in [-0.2, 0) is 6.54 Å². The van der Waals surface area contributed by atoms with Crippen molar-refractivity contribution in [2.24, 2.45) is 0 Å². The molecule has 0 aliphatic rings. The zero-order chi connectivity index (χ0) is 14.5. The molecule has 1 heterocycles. The molecule has 0 unspecified atom stereocenters. The molecule has 0 spiro atoms. The third-order valence-electron chi connectivity index (χ3n) is 2.83. The molecule has 0 fully saturated rings. The highest BCUT2D eigenvalue weighted by atomic mass is 35.5. The van der Waals surface area contributed by atoms with E-state index in [1.807, 2.05) is 30.3 Å². The lowest BCUT2D eigenvalue weighted by atomic mass is 10.2. The Morgan fingerprint density at radius 1 is 1.25 bits per heavy atom. The Hall–Kier alpha value is -1.49. The number of aliphatic hydroxyl groups excluding tert-OH is 1. The van der Waals surface area contributed by atoms with Gasteiger partial charge in [0.2, 0.25) is 0 Å². The monoisotopic (exact) mass is 312 g/mol. The van der Waals surface area contributed by atoms with Crippen LogP contribution in [0.5, 0.6) is 0 Å². The van der Waals surface area contributed by atoms with Crippen molar-refractivity contribution in [2.45, 2.75) is 6.54 Å². The fourth-order valence-electron chi connectivity index (χ4n) is 1.87. The van der Waals surface area contributed by atoms with Crippen molar-refractivity contribution in [1.82, 2.24) is 9.88 Å². The van der Waals surface area contributed by atoms with Gasteiger partial charge in [0.1, 0.15) is 10.8 Å². The molecule has 0 bridgehead atoms. The maximum absolute atomic E-state index is 12.4. The van der Waals surface area contributed by atoms with E-state index in [9.17, 15) is 4.79 Å². The quantitative estimate of drug-likeness (QED) is 0.891. The van der Waals surface area contributed by atoms with Crippen LogP contribution in [-0.4, -0.2) is 34.0 Å². The van der Waals surface area contributed by atoms with E-state index in [1.54, 1.807) is 0 Å². The highest BCUT2D eigenvalue weighted by Gasteiger charge is 2.18. The van der Waals surface area contributed by atoms with Crippen LogP contribution in [0.4, 0.5) is 0 Å². The van der Waals surface area contributed by atoms with Gasteiger partial charge in [-0.25, -0.2) is 0 Å². The SMILES string of the molecule is O=C(c1cc(Cl)c(Cl)[nH]1)N(CCO)Cc1ccccc1. The number of carbonyl (C=O) groups excluding carboxylic acids is 1. The van der Waals surface area contributed by atoms with Crippen LogP contribution < -0.4 is 0 Å². The first-order valence-corrected chi connectivity index (χ1v) is 6.85. The van der Waals surface area contributed by atoms with Gasteiger partial charge in [-0.05, 0) is 11.6 Å². The van der Waals surface area contributed by atoms with Crippen molar-refractivity contribution < 1.29 is 9.90 Å². The molecule has 20 heavy (non-hydrogen) atoms. The van der Waals surface area contributed by atoms with Crippen LogP contribution in [0, 0.1) is 0 Å². The van der Waals surface area contributed by atoms with Gasteiger partial charge in [-0.2, -0.15) is 0 Å². The normalized spacial score (nSPS) is 10.6. The van der Waals surface area contributed by atoms with Crippen molar-refractivity contribution in [2.75, 3.05) is 13.2 Å². The number of aromatic amines is 1. The topological polar surface area (TPSA) is 56.3 Å². The lowest BCUT2D eigenvalue weighted by molar-refractivity contribution is 0.0702. The second kappa shape index (κ2) is 6.79. The molecular formula is C14H14Cl2N2O2. The number of rotatable bonds is 5. The summed E-state index contributed by atoms with van der Waals surface area (Å²) in [6.07, 6.45) is 0. The number of halogens is 2. The molecule has 0 aliphatic carbocycles. The highest BCUT2D eigenvalue weighted by Crippen LogP contribution is 2.23. The average molecular weight is 313 g/mol. The number of benzene rings is 1. The highest BCUT2D eigenvalue weighted by molar-refractivity contribution is 6.41. The smallest absolute Gasteiger partial charge is 0.270 e. The van der Waals surface area contributed by atoms with Gasteiger partial charge in [0.15, 0.2) is 0 Å². The maximum Gasteiger partial charge on any atom is 0.270 e. The second-order valence-electron chi connectivity index (χ2n) is 4.28. The number of amides is 1. The summed E-state index contributed by atoms with van der Waals surface area (Å²) in [5, 5.41) is 9.65. The Kier molecular flexibility index (Phi) is 5.06. The van der Waals surface area contributed by atoms with Gasteiger partial charge in [0, 0.05) is 13.1 Å². The molecule has 0 radical (unpaired) electrons. The molecule has 0 saturated heterocycles. The van der Waals surface area contributed by atoms with E-state index in [2.05, 4.69) is 4.98 Å². The molecule has 1 aromatic carbocycles. The minimum atomic E-state index is -0.253. The van der Waals surface area contributed by atoms with Crippen molar-refractivity contribution in [3.63, 3.8) is 0 Å². The van der Waals surface area contributed by atoms with E-state index < -0.39 is 0 Å². The summed E-state index contributed by atoms with van der Waals surface area (Å²) >= 11 is 11.6. The molecule has 2 aromatic rings. The van der Waals surface area contributed by atoms with Gasteiger partial charge in [-0.1, -0.05) is 53.5 Å². The molecule has 0 atom stereocenters. The predicted molar refractivity (Wildman–Crippen MR) is 79.1 cm³/mol. The van der Waals surface area contributed by atoms with E-state index >= 15 is 0 Å². The summed E-state index contributed by atoms with van der Waals surface area (Å²) in [6.45, 7) is 0.539. The zero-order valence-corrected chi connectivity index (χ0v) is 12.2. The van der Waals surface area contributed by atoms with Crippen molar-refractivity contribution >= 4 is 29.1 Å². The van der Waals surface area contributed by atoms with Crippen LogP contribution in [0.25, 0.3) is 0 Å². The molecular weight excluding hydrogens is 299 g/mol. The molecule has 4 nitrogen and oxygen atoms in total. The van der Waals surface area contributed by atoms with Crippen molar-refractivity contribution in [3.05, 3.63) is 57.8 Å².